The van der Waals surface area contributed by atoms with E-state index in [1.807, 2.05) is 0 Å². The minimum atomic E-state index is 0.424. The summed E-state index contributed by atoms with van der Waals surface area (Å²) >= 11 is 6.10. The van der Waals surface area contributed by atoms with Gasteiger partial charge >= 0.3 is 0 Å². The van der Waals surface area contributed by atoms with Crippen LogP contribution in [0.2, 0.25) is 0 Å². The predicted octanol–water partition coefficient (Wildman–Crippen LogP) is 5.22. The summed E-state index contributed by atoms with van der Waals surface area (Å²) in [5.41, 5.74) is 0. The number of hydrogen-bond donors (Lipinski definition) is 0. The van der Waals surface area contributed by atoms with Crippen LogP contribution in [0.3, 0.4) is 0 Å². The third kappa shape index (κ3) is 8.37. The molecule has 0 aromatic rings. The summed E-state index contributed by atoms with van der Waals surface area (Å²) in [5.74, 6) is 0. The van der Waals surface area contributed by atoms with E-state index in [2.05, 4.69) is 11.8 Å². The van der Waals surface area contributed by atoms with E-state index in [4.69, 9.17) is 11.6 Å². The van der Waals surface area contributed by atoms with Gasteiger partial charge in [0.15, 0.2) is 0 Å². The molecule has 0 aromatic carbocycles. The summed E-state index contributed by atoms with van der Waals surface area (Å²) < 4.78 is 0. The molecule has 1 unspecified atom stereocenters. The Bertz CT molecular complexity index is 184. The molecule has 1 heterocycles. The van der Waals surface area contributed by atoms with E-state index < -0.39 is 0 Å². The van der Waals surface area contributed by atoms with Gasteiger partial charge in [-0.2, -0.15) is 0 Å². The van der Waals surface area contributed by atoms with Crippen molar-refractivity contribution in [1.29, 1.82) is 0 Å². The van der Waals surface area contributed by atoms with Gasteiger partial charge in [-0.25, -0.2) is 0 Å². The molecule has 0 bridgehead atoms. The first-order valence-electron chi connectivity index (χ1n) is 8.19. The largest absolute Gasteiger partial charge is 0.302 e. The molecule has 1 saturated heterocycles. The number of hydrogen-bond acceptors (Lipinski definition) is 1. The van der Waals surface area contributed by atoms with Crippen molar-refractivity contribution in [3.05, 3.63) is 0 Å². The molecule has 0 N–H and O–H groups in total. The van der Waals surface area contributed by atoms with Crippen LogP contribution in [-0.4, -0.2) is 29.9 Å². The van der Waals surface area contributed by atoms with Crippen LogP contribution >= 0.6 is 11.6 Å². The first kappa shape index (κ1) is 16.3. The average Bonchev–Trinajstić information content (AvgIpc) is 2.77. The predicted molar refractivity (Wildman–Crippen MR) is 82.5 cm³/mol. The van der Waals surface area contributed by atoms with Gasteiger partial charge < -0.3 is 4.90 Å². The summed E-state index contributed by atoms with van der Waals surface area (Å²) in [6.45, 7) is 5.91. The summed E-state index contributed by atoms with van der Waals surface area (Å²) in [4.78, 5) is 2.53. The van der Waals surface area contributed by atoms with Crippen molar-refractivity contribution in [2.45, 2.75) is 82.9 Å². The van der Waals surface area contributed by atoms with Gasteiger partial charge in [0.2, 0.25) is 0 Å². The maximum absolute atomic E-state index is 6.10. The lowest BCUT2D eigenvalue weighted by Gasteiger charge is -2.14. The molecule has 2 heteroatoms. The van der Waals surface area contributed by atoms with Crippen molar-refractivity contribution in [2.75, 3.05) is 19.6 Å². The van der Waals surface area contributed by atoms with Crippen LogP contribution in [0.25, 0.3) is 0 Å². The summed E-state index contributed by atoms with van der Waals surface area (Å²) in [5, 5.41) is 0.424. The number of halogens is 1. The van der Waals surface area contributed by atoms with E-state index in [0.29, 0.717) is 5.38 Å². The van der Waals surface area contributed by atoms with Gasteiger partial charge in [0, 0.05) is 11.9 Å². The molecule has 1 aliphatic heterocycles. The van der Waals surface area contributed by atoms with Crippen molar-refractivity contribution >= 4 is 11.6 Å². The van der Waals surface area contributed by atoms with Crippen LogP contribution in [-0.2, 0) is 0 Å². The second-order valence-corrected chi connectivity index (χ2v) is 6.49. The molecule has 0 aromatic heterocycles. The van der Waals surface area contributed by atoms with Gasteiger partial charge in [-0.15, -0.1) is 11.6 Å². The average molecular weight is 274 g/mol. The molecule has 1 rings (SSSR count). The maximum Gasteiger partial charge on any atom is 0.0475 e. The SMILES string of the molecule is CCCCCCCCCCCCN1CCC(Cl)C1. The van der Waals surface area contributed by atoms with Crippen molar-refractivity contribution < 1.29 is 0 Å². The fourth-order valence-electron chi connectivity index (χ4n) is 2.81. The lowest BCUT2D eigenvalue weighted by Crippen LogP contribution is -2.21. The Morgan fingerprint density at radius 2 is 1.44 bits per heavy atom. The first-order chi connectivity index (χ1) is 8.83. The van der Waals surface area contributed by atoms with Gasteiger partial charge in [0.25, 0.3) is 0 Å². The molecule has 0 spiro atoms. The highest BCUT2D eigenvalue weighted by molar-refractivity contribution is 6.20. The van der Waals surface area contributed by atoms with Crippen LogP contribution in [0.4, 0.5) is 0 Å². The standard InChI is InChI=1S/C16H32ClN/c1-2-3-4-5-6-7-8-9-10-11-13-18-14-12-16(17)15-18/h16H,2-15H2,1H3. The topological polar surface area (TPSA) is 3.24 Å². The van der Waals surface area contributed by atoms with Gasteiger partial charge in [0.05, 0.1) is 0 Å². The lowest BCUT2D eigenvalue weighted by molar-refractivity contribution is 0.328. The molecule has 1 fully saturated rings. The van der Waals surface area contributed by atoms with E-state index >= 15 is 0 Å². The highest BCUT2D eigenvalue weighted by Crippen LogP contribution is 2.16. The number of rotatable bonds is 11. The molecule has 0 saturated carbocycles. The second-order valence-electron chi connectivity index (χ2n) is 5.87. The van der Waals surface area contributed by atoms with Gasteiger partial charge in [-0.3, -0.25) is 0 Å². The smallest absolute Gasteiger partial charge is 0.0475 e. The van der Waals surface area contributed by atoms with Gasteiger partial charge in [-0.05, 0) is 25.9 Å². The Balaban J connectivity index is 1.73. The van der Waals surface area contributed by atoms with Crippen LogP contribution in [0.15, 0.2) is 0 Å². The summed E-state index contributed by atoms with van der Waals surface area (Å²) in [7, 11) is 0. The fourth-order valence-corrected chi connectivity index (χ4v) is 3.10. The first-order valence-corrected chi connectivity index (χ1v) is 8.63. The number of alkyl halides is 1. The minimum absolute atomic E-state index is 0.424. The summed E-state index contributed by atoms with van der Waals surface area (Å²) in [6, 6.07) is 0. The molecule has 1 nitrogen and oxygen atoms in total. The van der Waals surface area contributed by atoms with Crippen molar-refractivity contribution in [2.24, 2.45) is 0 Å². The van der Waals surface area contributed by atoms with Gasteiger partial charge in [0.1, 0.15) is 0 Å². The minimum Gasteiger partial charge on any atom is -0.302 e. The third-order valence-corrected chi connectivity index (χ3v) is 4.40. The van der Waals surface area contributed by atoms with E-state index in [9.17, 15) is 0 Å². The monoisotopic (exact) mass is 273 g/mol. The normalized spacial score (nSPS) is 20.7. The molecule has 1 aliphatic rings. The van der Waals surface area contributed by atoms with Crippen LogP contribution < -0.4 is 0 Å². The van der Waals surface area contributed by atoms with E-state index in [-0.39, 0.29) is 0 Å². The van der Waals surface area contributed by atoms with Crippen molar-refractivity contribution in [3.63, 3.8) is 0 Å². The Morgan fingerprint density at radius 1 is 0.889 bits per heavy atom. The Kier molecular flexibility index (Phi) is 10.1. The Morgan fingerprint density at radius 3 is 1.94 bits per heavy atom. The quantitative estimate of drug-likeness (QED) is 0.368. The number of nitrogens with zero attached hydrogens (tertiary/aromatic N) is 1. The number of likely N-dealkylation sites (tertiary alicyclic amines) is 1. The van der Waals surface area contributed by atoms with Gasteiger partial charge in [-0.1, -0.05) is 64.7 Å². The molecule has 108 valence electrons. The van der Waals surface area contributed by atoms with Crippen molar-refractivity contribution in [1.82, 2.24) is 4.90 Å². The maximum atomic E-state index is 6.10. The molecular weight excluding hydrogens is 242 g/mol. The Hall–Kier alpha value is 0.250. The zero-order chi connectivity index (χ0) is 13.1. The van der Waals surface area contributed by atoms with Crippen molar-refractivity contribution in [3.8, 4) is 0 Å². The molecule has 0 amide bonds. The molecular formula is C16H32ClN. The zero-order valence-electron chi connectivity index (χ0n) is 12.3. The summed E-state index contributed by atoms with van der Waals surface area (Å²) in [6.07, 6.45) is 15.5. The molecule has 0 radical (unpaired) electrons. The van der Waals surface area contributed by atoms with E-state index in [1.54, 1.807) is 0 Å². The third-order valence-electron chi connectivity index (χ3n) is 4.04. The number of unbranched alkanes of at least 4 members (excludes halogenated alkanes) is 9. The molecule has 18 heavy (non-hydrogen) atoms. The molecule has 0 aliphatic carbocycles. The van der Waals surface area contributed by atoms with E-state index in [0.717, 1.165) is 6.54 Å². The Labute approximate surface area is 119 Å². The fraction of sp³-hybridized carbons (Fsp3) is 1.00. The van der Waals surface area contributed by atoms with Crippen LogP contribution in [0, 0.1) is 0 Å². The second kappa shape index (κ2) is 11.1. The highest BCUT2D eigenvalue weighted by atomic mass is 35.5. The molecule has 1 atom stereocenters. The van der Waals surface area contributed by atoms with E-state index in [1.165, 1.54) is 83.7 Å². The van der Waals surface area contributed by atoms with Crippen LogP contribution in [0.1, 0.15) is 77.6 Å². The zero-order valence-corrected chi connectivity index (χ0v) is 13.1. The lowest BCUT2D eigenvalue weighted by atomic mass is 10.1. The van der Waals surface area contributed by atoms with Crippen LogP contribution in [0.5, 0.6) is 0 Å². The highest BCUT2D eigenvalue weighted by Gasteiger charge is 2.18.